The summed E-state index contributed by atoms with van der Waals surface area (Å²) >= 11 is 12.5. The van der Waals surface area contributed by atoms with Crippen LogP contribution < -0.4 is 0 Å². The molecule has 29 heavy (non-hydrogen) atoms. The molecule has 1 saturated heterocycles. The largest absolute Gasteiger partial charge is 0.481 e. The van der Waals surface area contributed by atoms with Crippen LogP contribution >= 0.6 is 35.6 Å². The number of carboxylic acid groups (broad SMARTS) is 1. The van der Waals surface area contributed by atoms with Crippen molar-refractivity contribution in [2.24, 2.45) is 0 Å². The molecule has 0 spiro atoms. The fourth-order valence-corrected chi connectivity index (χ4v) is 4.77. The minimum atomic E-state index is -0.811. The van der Waals surface area contributed by atoms with Gasteiger partial charge in [-0.15, -0.1) is 0 Å². The van der Waals surface area contributed by atoms with Crippen molar-refractivity contribution in [3.63, 3.8) is 0 Å². The van der Waals surface area contributed by atoms with Crippen molar-refractivity contribution in [2.45, 2.75) is 37.4 Å². The van der Waals surface area contributed by atoms with Crippen molar-refractivity contribution in [2.75, 3.05) is 6.54 Å². The van der Waals surface area contributed by atoms with E-state index in [0.717, 1.165) is 6.42 Å². The third-order valence-corrected chi connectivity index (χ3v) is 6.40. The van der Waals surface area contributed by atoms with Gasteiger partial charge < -0.3 is 9.52 Å². The number of carbonyl (C=O) groups excluding carboxylic acids is 1. The van der Waals surface area contributed by atoms with Crippen molar-refractivity contribution in [1.82, 2.24) is 4.90 Å². The number of thioether (sulfide) groups is 1. The number of aliphatic carboxylic acids is 1. The molecule has 1 fully saturated rings. The van der Waals surface area contributed by atoms with Crippen molar-refractivity contribution >= 4 is 51.8 Å². The fourth-order valence-electron chi connectivity index (χ4n) is 3.03. The molecule has 154 valence electrons. The SMILES string of the molecule is O=C(O)CCCCCN1C(=O)C(Cc2ccc(-c3ccc(F)c(Cl)c3)o2)SC1=S. The van der Waals surface area contributed by atoms with Crippen LogP contribution in [0.25, 0.3) is 11.3 Å². The zero-order valence-electron chi connectivity index (χ0n) is 15.4. The first-order valence-corrected chi connectivity index (χ1v) is 10.8. The Hall–Kier alpha value is -1.90. The molecule has 2 heterocycles. The topological polar surface area (TPSA) is 70.8 Å². The molecule has 0 radical (unpaired) electrons. The highest BCUT2D eigenvalue weighted by Crippen LogP contribution is 2.32. The first-order valence-electron chi connectivity index (χ1n) is 9.13. The van der Waals surface area contributed by atoms with Gasteiger partial charge in [0.25, 0.3) is 0 Å². The lowest BCUT2D eigenvalue weighted by Gasteiger charge is -2.15. The van der Waals surface area contributed by atoms with Gasteiger partial charge in [-0.25, -0.2) is 4.39 Å². The highest BCUT2D eigenvalue weighted by atomic mass is 35.5. The maximum atomic E-state index is 13.3. The minimum absolute atomic E-state index is 0.0197. The second-order valence-corrected chi connectivity index (χ2v) is 8.91. The van der Waals surface area contributed by atoms with Gasteiger partial charge in [-0.1, -0.05) is 42.0 Å². The molecule has 9 heteroatoms. The van der Waals surface area contributed by atoms with Crippen molar-refractivity contribution in [1.29, 1.82) is 0 Å². The van der Waals surface area contributed by atoms with Crippen LogP contribution in [0.15, 0.2) is 34.7 Å². The molecular formula is C20H19ClFNO4S2. The van der Waals surface area contributed by atoms with Crippen LogP contribution in [0.5, 0.6) is 0 Å². The molecule has 2 aromatic rings. The van der Waals surface area contributed by atoms with Crippen LogP contribution in [0.4, 0.5) is 4.39 Å². The Morgan fingerprint density at radius 1 is 1.28 bits per heavy atom. The van der Waals surface area contributed by atoms with Gasteiger partial charge in [-0.2, -0.15) is 0 Å². The number of benzene rings is 1. The number of amides is 1. The first kappa shape index (κ1) is 21.8. The molecule has 1 aliphatic heterocycles. The summed E-state index contributed by atoms with van der Waals surface area (Å²) in [5, 5.41) is 8.33. The third-order valence-electron chi connectivity index (χ3n) is 4.53. The molecule has 3 rings (SSSR count). The number of rotatable bonds is 9. The second kappa shape index (κ2) is 9.73. The first-order chi connectivity index (χ1) is 13.8. The molecule has 0 saturated carbocycles. The molecule has 1 aliphatic rings. The van der Waals surface area contributed by atoms with Crippen molar-refractivity contribution in [3.05, 3.63) is 46.9 Å². The van der Waals surface area contributed by atoms with Gasteiger partial charge in [0.15, 0.2) is 0 Å². The second-order valence-electron chi connectivity index (χ2n) is 6.67. The standard InChI is InChI=1S/C20H19ClFNO4S2/c21-14-10-12(5-7-15(14)22)16-8-6-13(27-16)11-17-19(26)23(20(28)29-17)9-3-1-2-4-18(24)25/h5-8,10,17H,1-4,9,11H2,(H,24,25). The fraction of sp³-hybridized carbons (Fsp3) is 0.350. The van der Waals surface area contributed by atoms with E-state index in [-0.39, 0.29) is 22.6 Å². The summed E-state index contributed by atoms with van der Waals surface area (Å²) in [5.41, 5.74) is 0.659. The van der Waals surface area contributed by atoms with Gasteiger partial charge in [0, 0.05) is 24.9 Å². The van der Waals surface area contributed by atoms with Gasteiger partial charge in [0.1, 0.15) is 21.7 Å². The zero-order valence-corrected chi connectivity index (χ0v) is 17.8. The van der Waals surface area contributed by atoms with E-state index >= 15 is 0 Å². The van der Waals surface area contributed by atoms with Crippen LogP contribution in [-0.4, -0.2) is 38.0 Å². The summed E-state index contributed by atoms with van der Waals surface area (Å²) in [5.74, 6) is -0.172. The van der Waals surface area contributed by atoms with Crippen LogP contribution in [0, 0.1) is 5.82 Å². The van der Waals surface area contributed by atoms with E-state index < -0.39 is 11.8 Å². The number of unbranched alkanes of at least 4 members (excludes halogenated alkanes) is 2. The Balaban J connectivity index is 1.56. The van der Waals surface area contributed by atoms with E-state index in [0.29, 0.717) is 47.2 Å². The molecular weight excluding hydrogens is 437 g/mol. The molecule has 5 nitrogen and oxygen atoms in total. The van der Waals surface area contributed by atoms with E-state index in [1.807, 2.05) is 0 Å². The monoisotopic (exact) mass is 455 g/mol. The molecule has 1 N–H and O–H groups in total. The van der Waals surface area contributed by atoms with Gasteiger partial charge in [-0.05, 0) is 43.2 Å². The van der Waals surface area contributed by atoms with E-state index in [9.17, 15) is 14.0 Å². The molecule has 1 unspecified atom stereocenters. The lowest BCUT2D eigenvalue weighted by Crippen LogP contribution is -2.32. The van der Waals surface area contributed by atoms with Crippen molar-refractivity contribution < 1.29 is 23.5 Å². The quantitative estimate of drug-likeness (QED) is 0.416. The number of carboxylic acids is 1. The molecule has 1 amide bonds. The average molecular weight is 456 g/mol. The number of thiocarbonyl (C=S) groups is 1. The highest BCUT2D eigenvalue weighted by molar-refractivity contribution is 8.24. The third kappa shape index (κ3) is 5.58. The Kier molecular flexibility index (Phi) is 7.32. The molecule has 0 aliphatic carbocycles. The average Bonchev–Trinajstić information content (AvgIpc) is 3.23. The van der Waals surface area contributed by atoms with Crippen LogP contribution in [0.1, 0.15) is 31.4 Å². The summed E-state index contributed by atoms with van der Waals surface area (Å²) in [6, 6.07) is 7.92. The van der Waals surface area contributed by atoms with E-state index in [2.05, 4.69) is 0 Å². The summed E-state index contributed by atoms with van der Waals surface area (Å²) in [4.78, 5) is 24.8. The lowest BCUT2D eigenvalue weighted by molar-refractivity contribution is -0.137. The van der Waals surface area contributed by atoms with E-state index in [4.69, 9.17) is 33.3 Å². The van der Waals surface area contributed by atoms with Gasteiger partial charge in [0.2, 0.25) is 5.91 Å². The summed E-state index contributed by atoms with van der Waals surface area (Å²) in [6.45, 7) is 0.498. The van der Waals surface area contributed by atoms with Gasteiger partial charge in [-0.3, -0.25) is 14.5 Å². The minimum Gasteiger partial charge on any atom is -0.481 e. The number of hydrogen-bond donors (Lipinski definition) is 1. The predicted molar refractivity (Wildman–Crippen MR) is 115 cm³/mol. The normalized spacial score (nSPS) is 16.6. The zero-order chi connectivity index (χ0) is 21.0. The van der Waals surface area contributed by atoms with Crippen molar-refractivity contribution in [3.8, 4) is 11.3 Å². The Bertz CT molecular complexity index is 933. The molecule has 1 aromatic heterocycles. The van der Waals surface area contributed by atoms with Gasteiger partial charge in [0.05, 0.1) is 10.3 Å². The molecule has 1 atom stereocenters. The molecule has 0 bridgehead atoms. The van der Waals surface area contributed by atoms with Crippen LogP contribution in [0.3, 0.4) is 0 Å². The van der Waals surface area contributed by atoms with Crippen LogP contribution in [0.2, 0.25) is 5.02 Å². The number of furan rings is 1. The number of nitrogens with zero attached hydrogens (tertiary/aromatic N) is 1. The van der Waals surface area contributed by atoms with E-state index in [1.165, 1.54) is 23.9 Å². The Morgan fingerprint density at radius 3 is 2.79 bits per heavy atom. The number of halogens is 2. The van der Waals surface area contributed by atoms with E-state index in [1.54, 1.807) is 23.1 Å². The Morgan fingerprint density at radius 2 is 2.07 bits per heavy atom. The number of carbonyl (C=O) groups is 2. The predicted octanol–water partition coefficient (Wildman–Crippen LogP) is 5.16. The summed E-state index contributed by atoms with van der Waals surface area (Å²) in [6.07, 6.45) is 2.56. The lowest BCUT2D eigenvalue weighted by atomic mass is 10.1. The van der Waals surface area contributed by atoms with Gasteiger partial charge >= 0.3 is 5.97 Å². The van der Waals surface area contributed by atoms with Crippen LogP contribution in [-0.2, 0) is 16.0 Å². The molecule has 1 aromatic carbocycles. The summed E-state index contributed by atoms with van der Waals surface area (Å²) < 4.78 is 19.7. The number of hydrogen-bond acceptors (Lipinski definition) is 5. The smallest absolute Gasteiger partial charge is 0.303 e. The maximum Gasteiger partial charge on any atom is 0.303 e. The Labute approximate surface area is 182 Å². The maximum absolute atomic E-state index is 13.3. The summed E-state index contributed by atoms with van der Waals surface area (Å²) in [7, 11) is 0. The highest BCUT2D eigenvalue weighted by Gasteiger charge is 2.37.